The van der Waals surface area contributed by atoms with Crippen LogP contribution in [0.4, 0.5) is 8.78 Å². The first-order valence-electron chi connectivity index (χ1n) is 8.93. The van der Waals surface area contributed by atoms with E-state index in [1.165, 1.54) is 23.9 Å². The van der Waals surface area contributed by atoms with Crippen LogP contribution in [0.5, 0.6) is 5.88 Å². The number of unbranched alkanes of at least 4 members (excludes halogenated alkanes) is 2. The highest BCUT2D eigenvalue weighted by Crippen LogP contribution is 2.35. The van der Waals surface area contributed by atoms with Crippen LogP contribution in [0.3, 0.4) is 0 Å². The molecule has 1 aromatic heterocycles. The minimum absolute atomic E-state index is 0.102. The van der Waals surface area contributed by atoms with Crippen LogP contribution < -0.4 is 4.74 Å². The zero-order chi connectivity index (χ0) is 17.6. The van der Waals surface area contributed by atoms with E-state index in [0.29, 0.717) is 17.0 Å². The topological polar surface area (TPSA) is 22.1 Å². The van der Waals surface area contributed by atoms with Gasteiger partial charge in [0, 0.05) is 11.8 Å². The molecule has 2 aromatic rings. The van der Waals surface area contributed by atoms with E-state index >= 15 is 0 Å². The summed E-state index contributed by atoms with van der Waals surface area (Å²) >= 11 is 1.25. The minimum atomic E-state index is -0.519. The standard InChI is InChI=1S/C20H23F2NOS/c1-2-3-4-11-25-19-17(21)12-14(13-18(19)22)16-9-6-10-23-20(16)24-15-7-5-8-15/h6,9-10,12-13,15H,2-5,7-8,11H2,1H3. The molecule has 25 heavy (non-hydrogen) atoms. The molecule has 1 aromatic carbocycles. The second-order valence-electron chi connectivity index (χ2n) is 6.35. The lowest BCUT2D eigenvalue weighted by Crippen LogP contribution is -2.25. The van der Waals surface area contributed by atoms with Crippen molar-refractivity contribution in [3.05, 3.63) is 42.1 Å². The summed E-state index contributed by atoms with van der Waals surface area (Å²) in [5.74, 6) is 0.142. The molecule has 1 fully saturated rings. The van der Waals surface area contributed by atoms with E-state index in [9.17, 15) is 8.78 Å². The third kappa shape index (κ3) is 4.51. The van der Waals surface area contributed by atoms with Crippen molar-refractivity contribution in [1.82, 2.24) is 4.98 Å². The molecular formula is C20H23F2NOS. The number of nitrogens with zero attached hydrogens (tertiary/aromatic N) is 1. The van der Waals surface area contributed by atoms with E-state index < -0.39 is 11.6 Å². The highest BCUT2D eigenvalue weighted by atomic mass is 32.2. The van der Waals surface area contributed by atoms with Crippen molar-refractivity contribution in [2.24, 2.45) is 0 Å². The Morgan fingerprint density at radius 3 is 2.60 bits per heavy atom. The van der Waals surface area contributed by atoms with Crippen LogP contribution in [0.25, 0.3) is 11.1 Å². The highest BCUT2D eigenvalue weighted by molar-refractivity contribution is 7.99. The van der Waals surface area contributed by atoms with E-state index in [1.807, 2.05) is 0 Å². The van der Waals surface area contributed by atoms with Gasteiger partial charge < -0.3 is 4.74 Å². The number of benzene rings is 1. The van der Waals surface area contributed by atoms with Gasteiger partial charge in [0.2, 0.25) is 5.88 Å². The molecule has 0 unspecified atom stereocenters. The lowest BCUT2D eigenvalue weighted by atomic mass is 9.96. The summed E-state index contributed by atoms with van der Waals surface area (Å²) in [6, 6.07) is 6.32. The second kappa shape index (κ2) is 8.65. The summed E-state index contributed by atoms with van der Waals surface area (Å²) in [6.45, 7) is 2.11. The zero-order valence-electron chi connectivity index (χ0n) is 14.4. The van der Waals surface area contributed by atoms with Gasteiger partial charge >= 0.3 is 0 Å². The average molecular weight is 363 g/mol. The molecular weight excluding hydrogens is 340 g/mol. The second-order valence-corrected chi connectivity index (χ2v) is 7.46. The Morgan fingerprint density at radius 1 is 1.20 bits per heavy atom. The maximum atomic E-state index is 14.5. The van der Waals surface area contributed by atoms with Crippen molar-refractivity contribution in [3.63, 3.8) is 0 Å². The number of aromatic nitrogens is 1. The summed E-state index contributed by atoms with van der Waals surface area (Å²) in [6.07, 6.45) is 8.10. The molecule has 0 bridgehead atoms. The number of ether oxygens (including phenoxy) is 1. The number of pyridine rings is 1. The van der Waals surface area contributed by atoms with Crippen LogP contribution >= 0.6 is 11.8 Å². The molecule has 1 aliphatic rings. The Balaban J connectivity index is 1.81. The number of rotatable bonds is 8. The van der Waals surface area contributed by atoms with Gasteiger partial charge in [-0.3, -0.25) is 0 Å². The van der Waals surface area contributed by atoms with Crippen molar-refractivity contribution < 1.29 is 13.5 Å². The summed E-state index contributed by atoms with van der Waals surface area (Å²) in [7, 11) is 0. The third-order valence-corrected chi connectivity index (χ3v) is 5.58. The van der Waals surface area contributed by atoms with Gasteiger partial charge in [-0.15, -0.1) is 11.8 Å². The van der Waals surface area contributed by atoms with Crippen LogP contribution in [0.2, 0.25) is 0 Å². The van der Waals surface area contributed by atoms with Gasteiger partial charge in [0.15, 0.2) is 0 Å². The predicted molar refractivity (Wildman–Crippen MR) is 98.1 cm³/mol. The molecule has 0 spiro atoms. The zero-order valence-corrected chi connectivity index (χ0v) is 15.2. The van der Waals surface area contributed by atoms with Crippen molar-refractivity contribution >= 4 is 11.8 Å². The first-order chi connectivity index (χ1) is 12.2. The van der Waals surface area contributed by atoms with Gasteiger partial charge in [-0.2, -0.15) is 0 Å². The molecule has 1 heterocycles. The Hall–Kier alpha value is -1.62. The molecule has 2 nitrogen and oxygen atoms in total. The summed E-state index contributed by atoms with van der Waals surface area (Å²) < 4.78 is 34.8. The van der Waals surface area contributed by atoms with E-state index in [1.54, 1.807) is 18.3 Å². The normalized spacial score (nSPS) is 14.4. The fourth-order valence-corrected chi connectivity index (χ4v) is 3.68. The largest absolute Gasteiger partial charge is 0.474 e. The van der Waals surface area contributed by atoms with E-state index in [0.717, 1.165) is 44.3 Å². The lowest BCUT2D eigenvalue weighted by molar-refractivity contribution is 0.115. The quantitative estimate of drug-likeness (QED) is 0.409. The molecule has 0 radical (unpaired) electrons. The summed E-state index contributed by atoms with van der Waals surface area (Å²) in [5.41, 5.74) is 1.10. The molecule has 0 aliphatic heterocycles. The van der Waals surface area contributed by atoms with Gasteiger partial charge in [-0.05, 0) is 61.3 Å². The third-order valence-electron chi connectivity index (χ3n) is 4.41. The van der Waals surface area contributed by atoms with Crippen molar-refractivity contribution in [2.45, 2.75) is 56.4 Å². The molecule has 0 atom stereocenters. The van der Waals surface area contributed by atoms with Crippen LogP contribution in [0.15, 0.2) is 35.4 Å². The monoisotopic (exact) mass is 363 g/mol. The van der Waals surface area contributed by atoms with Crippen molar-refractivity contribution in [1.29, 1.82) is 0 Å². The smallest absolute Gasteiger partial charge is 0.221 e. The highest BCUT2D eigenvalue weighted by Gasteiger charge is 2.22. The molecule has 3 rings (SSSR count). The maximum Gasteiger partial charge on any atom is 0.221 e. The number of thioether (sulfide) groups is 1. The fraction of sp³-hybridized carbons (Fsp3) is 0.450. The fourth-order valence-electron chi connectivity index (χ4n) is 2.73. The van der Waals surface area contributed by atoms with Gasteiger partial charge in [0.1, 0.15) is 17.7 Å². The van der Waals surface area contributed by atoms with Crippen molar-refractivity contribution in [3.8, 4) is 17.0 Å². The first kappa shape index (κ1) is 18.2. The average Bonchev–Trinajstić information content (AvgIpc) is 2.57. The molecule has 0 amide bonds. The van der Waals surface area contributed by atoms with Gasteiger partial charge in [-0.25, -0.2) is 13.8 Å². The van der Waals surface area contributed by atoms with Crippen LogP contribution in [-0.2, 0) is 0 Å². The molecule has 1 aliphatic carbocycles. The molecule has 5 heteroatoms. The van der Waals surface area contributed by atoms with E-state index in [4.69, 9.17) is 4.74 Å². The Kier molecular flexibility index (Phi) is 6.29. The Bertz CT molecular complexity index is 696. The predicted octanol–water partition coefficient (Wildman–Crippen LogP) is 6.24. The molecule has 134 valence electrons. The van der Waals surface area contributed by atoms with Crippen LogP contribution in [-0.4, -0.2) is 16.8 Å². The Labute approximate surface area is 152 Å². The first-order valence-corrected chi connectivity index (χ1v) is 9.91. The molecule has 1 saturated carbocycles. The Morgan fingerprint density at radius 2 is 1.96 bits per heavy atom. The van der Waals surface area contributed by atoms with Crippen LogP contribution in [0, 0.1) is 11.6 Å². The van der Waals surface area contributed by atoms with E-state index in [-0.39, 0.29) is 11.0 Å². The maximum absolute atomic E-state index is 14.5. The van der Waals surface area contributed by atoms with Crippen molar-refractivity contribution in [2.75, 3.05) is 5.75 Å². The number of hydrogen-bond donors (Lipinski definition) is 0. The lowest BCUT2D eigenvalue weighted by Gasteiger charge is -2.26. The van der Waals surface area contributed by atoms with Gasteiger partial charge in [-0.1, -0.05) is 19.8 Å². The SMILES string of the molecule is CCCCCSc1c(F)cc(-c2cccnc2OC2CCC2)cc1F. The number of hydrogen-bond acceptors (Lipinski definition) is 3. The number of halogens is 2. The molecule has 0 saturated heterocycles. The summed E-state index contributed by atoms with van der Waals surface area (Å²) in [4.78, 5) is 4.36. The molecule has 0 N–H and O–H groups in total. The van der Waals surface area contributed by atoms with Crippen LogP contribution in [0.1, 0.15) is 45.4 Å². The van der Waals surface area contributed by atoms with E-state index in [2.05, 4.69) is 11.9 Å². The van der Waals surface area contributed by atoms with Gasteiger partial charge in [0.05, 0.1) is 4.90 Å². The summed E-state index contributed by atoms with van der Waals surface area (Å²) in [5, 5.41) is 0. The minimum Gasteiger partial charge on any atom is -0.474 e. The van der Waals surface area contributed by atoms with Gasteiger partial charge in [0.25, 0.3) is 0 Å².